The molecule has 1 aromatic carbocycles. The highest BCUT2D eigenvalue weighted by molar-refractivity contribution is 5.73. The molecule has 0 aromatic heterocycles. The third kappa shape index (κ3) is 3.52. The summed E-state index contributed by atoms with van der Waals surface area (Å²) in [6.45, 7) is 1.68. The van der Waals surface area contributed by atoms with Crippen molar-refractivity contribution in [2.45, 2.75) is 67.7 Å². The van der Waals surface area contributed by atoms with E-state index in [1.54, 1.807) is 7.11 Å². The standard InChI is InChI=1S/C23H29NO9/c1-24-8-7-23-6-5-12(31-22-18(27)16(25)17(26)20(33-22)21(28)29)9-14(23)32-19-13(30-2)4-3-11(10-24)15(19)23/h3-6,12,14,16-18,20,22,25-27H,7-10H2,1-2H3,(H,28,29)/t12-,14-,16+,17+,18-,20+,22-,23-/m1/s1. The van der Waals surface area contributed by atoms with Gasteiger partial charge in [0.1, 0.15) is 24.4 Å². The van der Waals surface area contributed by atoms with E-state index in [-0.39, 0.29) is 11.5 Å². The Hall–Kier alpha value is -2.21. The number of carboxylic acid groups (broad SMARTS) is 1. The summed E-state index contributed by atoms with van der Waals surface area (Å²) in [6, 6.07) is 4.00. The number of benzene rings is 1. The Morgan fingerprint density at radius 2 is 2.00 bits per heavy atom. The predicted molar refractivity (Wildman–Crippen MR) is 113 cm³/mol. The van der Waals surface area contributed by atoms with Crippen LogP contribution in [0.25, 0.3) is 0 Å². The number of carboxylic acids is 1. The van der Waals surface area contributed by atoms with E-state index in [1.807, 2.05) is 12.1 Å². The smallest absolute Gasteiger partial charge is 0.335 e. The molecule has 1 spiro atoms. The Bertz CT molecular complexity index is 967. The highest BCUT2D eigenvalue weighted by Crippen LogP contribution is 2.56. The minimum absolute atomic E-state index is 0.254. The fourth-order valence-electron chi connectivity index (χ4n) is 5.50. The first-order valence-corrected chi connectivity index (χ1v) is 11.1. The molecule has 0 unspecified atom stereocenters. The van der Waals surface area contributed by atoms with Gasteiger partial charge in [-0.05, 0) is 31.6 Å². The van der Waals surface area contributed by atoms with Crippen molar-refractivity contribution in [3.8, 4) is 11.5 Å². The zero-order valence-electron chi connectivity index (χ0n) is 18.5. The second-order valence-electron chi connectivity index (χ2n) is 9.27. The van der Waals surface area contributed by atoms with Crippen molar-refractivity contribution in [1.82, 2.24) is 4.90 Å². The molecule has 1 saturated heterocycles. The van der Waals surface area contributed by atoms with Crippen LogP contribution in [-0.2, 0) is 26.2 Å². The van der Waals surface area contributed by atoms with E-state index in [2.05, 4.69) is 24.1 Å². The van der Waals surface area contributed by atoms with Crippen LogP contribution in [0.15, 0.2) is 24.3 Å². The van der Waals surface area contributed by atoms with Gasteiger partial charge in [0, 0.05) is 18.5 Å². The van der Waals surface area contributed by atoms with Crippen LogP contribution in [-0.4, -0.2) is 94.9 Å². The average Bonchev–Trinajstić information content (AvgIpc) is 3.05. The van der Waals surface area contributed by atoms with E-state index in [4.69, 9.17) is 18.9 Å². The van der Waals surface area contributed by atoms with Gasteiger partial charge in [0.05, 0.1) is 18.6 Å². The van der Waals surface area contributed by atoms with Gasteiger partial charge in [-0.3, -0.25) is 0 Å². The molecule has 0 saturated carbocycles. The summed E-state index contributed by atoms with van der Waals surface area (Å²) < 4.78 is 23.2. The molecule has 0 radical (unpaired) electrons. The highest BCUT2D eigenvalue weighted by atomic mass is 16.7. The number of aliphatic carboxylic acids is 1. The van der Waals surface area contributed by atoms with Crippen LogP contribution in [0, 0.1) is 0 Å². The summed E-state index contributed by atoms with van der Waals surface area (Å²) in [7, 11) is 3.70. The van der Waals surface area contributed by atoms with Crippen LogP contribution in [0.5, 0.6) is 11.5 Å². The van der Waals surface area contributed by atoms with E-state index in [1.165, 1.54) is 5.56 Å². The molecule has 0 amide bonds. The first-order chi connectivity index (χ1) is 15.7. The Morgan fingerprint density at radius 3 is 2.73 bits per heavy atom. The van der Waals surface area contributed by atoms with Crippen molar-refractivity contribution in [3.05, 3.63) is 35.4 Å². The summed E-state index contributed by atoms with van der Waals surface area (Å²) in [5, 5.41) is 39.6. The maximum Gasteiger partial charge on any atom is 0.335 e. The maximum atomic E-state index is 11.4. The van der Waals surface area contributed by atoms with Crippen molar-refractivity contribution in [1.29, 1.82) is 0 Å². The van der Waals surface area contributed by atoms with E-state index in [0.717, 1.165) is 30.8 Å². The van der Waals surface area contributed by atoms with Crippen molar-refractivity contribution < 1.29 is 44.2 Å². The van der Waals surface area contributed by atoms with Gasteiger partial charge < -0.3 is 44.3 Å². The Balaban J connectivity index is 1.42. The summed E-state index contributed by atoms with van der Waals surface area (Å²) >= 11 is 0. The summed E-state index contributed by atoms with van der Waals surface area (Å²) in [5.74, 6) is -0.0404. The zero-order valence-corrected chi connectivity index (χ0v) is 18.5. The normalized spacial score (nSPS) is 39.8. The number of hydrogen-bond donors (Lipinski definition) is 4. The van der Waals surface area contributed by atoms with Crippen molar-refractivity contribution in [2.75, 3.05) is 20.7 Å². The van der Waals surface area contributed by atoms with E-state index < -0.39 is 42.8 Å². The van der Waals surface area contributed by atoms with Crippen molar-refractivity contribution in [2.24, 2.45) is 0 Å². The number of aliphatic hydroxyl groups is 3. The van der Waals surface area contributed by atoms with Crippen LogP contribution in [0.4, 0.5) is 0 Å². The largest absolute Gasteiger partial charge is 0.493 e. The molecule has 10 nitrogen and oxygen atoms in total. The Labute approximate surface area is 190 Å². The van der Waals surface area contributed by atoms with Crippen LogP contribution in [0.3, 0.4) is 0 Å². The van der Waals surface area contributed by atoms with Gasteiger partial charge in [0.15, 0.2) is 23.9 Å². The van der Waals surface area contributed by atoms with Gasteiger partial charge in [-0.2, -0.15) is 0 Å². The molecule has 8 atom stereocenters. The molecule has 3 heterocycles. The van der Waals surface area contributed by atoms with Crippen LogP contribution in [0.2, 0.25) is 0 Å². The maximum absolute atomic E-state index is 11.4. The number of carbonyl (C=O) groups is 1. The number of hydrogen-bond acceptors (Lipinski definition) is 9. The zero-order chi connectivity index (χ0) is 23.5. The lowest BCUT2D eigenvalue weighted by Crippen LogP contribution is -2.61. The highest BCUT2D eigenvalue weighted by Gasteiger charge is 2.54. The molecule has 1 fully saturated rings. The van der Waals surface area contributed by atoms with E-state index in [0.29, 0.717) is 12.2 Å². The third-order valence-corrected chi connectivity index (χ3v) is 7.25. The van der Waals surface area contributed by atoms with Gasteiger partial charge in [0.25, 0.3) is 0 Å². The SMILES string of the molecule is COc1ccc2c3c1O[C@@H]1C[C@H](O[C@@H]4O[C@H](C(=O)O)[C@@H](O)[C@H](O)[C@H]4O)C=C[C@]31CCN(C)C2. The van der Waals surface area contributed by atoms with Gasteiger partial charge >= 0.3 is 5.97 Å². The van der Waals surface area contributed by atoms with Gasteiger partial charge in [0.2, 0.25) is 0 Å². The molecule has 33 heavy (non-hydrogen) atoms. The van der Waals surface area contributed by atoms with Crippen molar-refractivity contribution >= 4 is 5.97 Å². The summed E-state index contributed by atoms with van der Waals surface area (Å²) in [6.07, 6.45) is -3.76. The van der Waals surface area contributed by atoms with Crippen molar-refractivity contribution in [3.63, 3.8) is 0 Å². The molecule has 0 bridgehead atoms. The minimum Gasteiger partial charge on any atom is -0.493 e. The fourth-order valence-corrected chi connectivity index (χ4v) is 5.50. The topological polar surface area (TPSA) is 138 Å². The van der Waals surface area contributed by atoms with E-state index in [9.17, 15) is 25.2 Å². The molecule has 10 heteroatoms. The lowest BCUT2D eigenvalue weighted by Gasteiger charge is -2.42. The molecule has 5 rings (SSSR count). The molecule has 1 aromatic rings. The molecule has 4 aliphatic rings. The second-order valence-corrected chi connectivity index (χ2v) is 9.27. The lowest BCUT2D eigenvalue weighted by molar-refractivity contribution is -0.302. The number of rotatable bonds is 4. The monoisotopic (exact) mass is 463 g/mol. The quantitative estimate of drug-likeness (QED) is 0.443. The van der Waals surface area contributed by atoms with Crippen LogP contribution < -0.4 is 9.47 Å². The van der Waals surface area contributed by atoms with Gasteiger partial charge in [-0.1, -0.05) is 18.2 Å². The molecule has 3 aliphatic heterocycles. The molecule has 180 valence electrons. The number of nitrogens with zero attached hydrogens (tertiary/aromatic N) is 1. The Kier molecular flexibility index (Phi) is 5.63. The minimum atomic E-state index is -1.76. The second kappa shape index (κ2) is 8.23. The third-order valence-electron chi connectivity index (χ3n) is 7.25. The number of methoxy groups -OCH3 is 1. The first kappa shape index (κ1) is 22.6. The first-order valence-electron chi connectivity index (χ1n) is 11.1. The molecule has 1 aliphatic carbocycles. The van der Waals surface area contributed by atoms with Gasteiger partial charge in [-0.15, -0.1) is 0 Å². The number of ether oxygens (including phenoxy) is 4. The summed E-state index contributed by atoms with van der Waals surface area (Å²) in [5.41, 5.74) is 1.96. The Morgan fingerprint density at radius 1 is 1.21 bits per heavy atom. The summed E-state index contributed by atoms with van der Waals surface area (Å²) in [4.78, 5) is 13.7. The molecular formula is C23H29NO9. The fraction of sp³-hybridized carbons (Fsp3) is 0.609. The molecule has 4 N–H and O–H groups in total. The average molecular weight is 463 g/mol. The van der Waals surface area contributed by atoms with Crippen LogP contribution >= 0.6 is 0 Å². The van der Waals surface area contributed by atoms with E-state index >= 15 is 0 Å². The van der Waals surface area contributed by atoms with Crippen LogP contribution in [0.1, 0.15) is 24.0 Å². The number of aliphatic hydroxyl groups excluding tert-OH is 3. The molecular weight excluding hydrogens is 434 g/mol. The predicted octanol–water partition coefficient (Wildman–Crippen LogP) is -0.233. The van der Waals surface area contributed by atoms with Gasteiger partial charge in [-0.25, -0.2) is 4.79 Å². The lowest BCUT2D eigenvalue weighted by atomic mass is 9.69.